The fourth-order valence-corrected chi connectivity index (χ4v) is 3.92. The molecular weight excluding hydrogens is 439 g/mol. The van der Waals surface area contributed by atoms with Gasteiger partial charge in [0.2, 0.25) is 5.91 Å². The summed E-state index contributed by atoms with van der Waals surface area (Å²) in [5, 5.41) is 13.9. The molecule has 0 aliphatic carbocycles. The van der Waals surface area contributed by atoms with Crippen LogP contribution in [0.4, 0.5) is 30.2 Å². The maximum Gasteiger partial charge on any atom is 0.418 e. The maximum atomic E-state index is 13.8. The van der Waals surface area contributed by atoms with E-state index in [1.165, 1.54) is 28.8 Å². The lowest BCUT2D eigenvalue weighted by Gasteiger charge is -2.34. The fourth-order valence-electron chi connectivity index (χ4n) is 3.92. The minimum absolute atomic E-state index is 0.0834. The monoisotopic (exact) mass is 461 g/mol. The zero-order valence-corrected chi connectivity index (χ0v) is 17.8. The lowest BCUT2D eigenvalue weighted by atomic mass is 10.1. The van der Waals surface area contributed by atoms with Crippen LogP contribution in [-0.2, 0) is 17.5 Å². The summed E-state index contributed by atoms with van der Waals surface area (Å²) in [7, 11) is 1.96. The van der Waals surface area contributed by atoms with Gasteiger partial charge in [0.05, 0.1) is 16.2 Å². The molecule has 33 heavy (non-hydrogen) atoms. The number of alkyl halides is 3. The average Bonchev–Trinajstić information content (AvgIpc) is 3.15. The highest BCUT2D eigenvalue weighted by molar-refractivity contribution is 5.93. The number of benzene rings is 2. The van der Waals surface area contributed by atoms with Crippen molar-refractivity contribution in [3.63, 3.8) is 0 Å². The first kappa shape index (κ1) is 22.6. The van der Waals surface area contributed by atoms with E-state index in [1.54, 1.807) is 18.3 Å². The third kappa shape index (κ3) is 4.92. The molecule has 0 saturated carbocycles. The number of anilines is 2. The van der Waals surface area contributed by atoms with Gasteiger partial charge in [0.25, 0.3) is 5.69 Å². The molecule has 11 heteroatoms. The molecule has 1 aromatic heterocycles. The normalized spacial score (nSPS) is 15.1. The van der Waals surface area contributed by atoms with Gasteiger partial charge in [0.1, 0.15) is 6.54 Å². The summed E-state index contributed by atoms with van der Waals surface area (Å²) in [6.45, 7) is 2.53. The largest absolute Gasteiger partial charge is 0.418 e. The highest BCUT2D eigenvalue weighted by atomic mass is 19.4. The molecule has 1 aliphatic heterocycles. The Morgan fingerprint density at radius 2 is 1.82 bits per heavy atom. The van der Waals surface area contributed by atoms with Crippen molar-refractivity contribution in [2.75, 3.05) is 43.4 Å². The van der Waals surface area contributed by atoms with Gasteiger partial charge in [-0.15, -0.1) is 0 Å². The van der Waals surface area contributed by atoms with Crippen LogP contribution in [-0.4, -0.2) is 53.5 Å². The number of halogens is 3. The minimum Gasteiger partial charge on any atom is -0.369 e. The fraction of sp³-hybridized carbons (Fsp3) is 0.318. The first-order valence-corrected chi connectivity index (χ1v) is 10.3. The van der Waals surface area contributed by atoms with Crippen molar-refractivity contribution in [3.8, 4) is 0 Å². The SMILES string of the molecule is CN1CCN(c2ccc(NC(=O)Cn3ccc4cc([N+](=O)[O-])ccc43)c(C(F)(F)F)c2)CC1. The number of hydrogen-bond acceptors (Lipinski definition) is 5. The molecule has 1 saturated heterocycles. The van der Waals surface area contributed by atoms with Crippen LogP contribution >= 0.6 is 0 Å². The van der Waals surface area contributed by atoms with Crippen LogP contribution in [0.3, 0.4) is 0 Å². The molecule has 2 aromatic carbocycles. The number of nitrogens with one attached hydrogen (secondary N) is 1. The van der Waals surface area contributed by atoms with Crippen molar-refractivity contribution in [2.24, 2.45) is 0 Å². The van der Waals surface area contributed by atoms with Crippen LogP contribution < -0.4 is 10.2 Å². The van der Waals surface area contributed by atoms with Gasteiger partial charge in [-0.2, -0.15) is 13.2 Å². The van der Waals surface area contributed by atoms with E-state index in [2.05, 4.69) is 10.2 Å². The molecule has 2 heterocycles. The van der Waals surface area contributed by atoms with Gasteiger partial charge in [-0.3, -0.25) is 14.9 Å². The van der Waals surface area contributed by atoms with Gasteiger partial charge in [0, 0.05) is 61.1 Å². The van der Waals surface area contributed by atoms with Crippen molar-refractivity contribution in [1.82, 2.24) is 9.47 Å². The molecule has 0 atom stereocenters. The molecule has 1 aliphatic rings. The molecule has 4 rings (SSSR count). The van der Waals surface area contributed by atoms with Gasteiger partial charge in [-0.1, -0.05) is 0 Å². The molecule has 0 spiro atoms. The summed E-state index contributed by atoms with van der Waals surface area (Å²) in [5.74, 6) is -0.635. The van der Waals surface area contributed by atoms with Gasteiger partial charge >= 0.3 is 6.18 Å². The number of aromatic nitrogens is 1. The highest BCUT2D eigenvalue weighted by Crippen LogP contribution is 2.37. The molecule has 0 radical (unpaired) electrons. The van der Waals surface area contributed by atoms with E-state index in [0.29, 0.717) is 29.7 Å². The van der Waals surface area contributed by atoms with Gasteiger partial charge < -0.3 is 19.7 Å². The van der Waals surface area contributed by atoms with Crippen LogP contribution in [0.2, 0.25) is 0 Å². The number of nitro groups is 1. The van der Waals surface area contributed by atoms with E-state index in [1.807, 2.05) is 11.9 Å². The van der Waals surface area contributed by atoms with Gasteiger partial charge in [0.15, 0.2) is 0 Å². The second-order valence-corrected chi connectivity index (χ2v) is 8.01. The smallest absolute Gasteiger partial charge is 0.369 e. The number of nitro benzene ring substituents is 1. The Morgan fingerprint density at radius 3 is 2.48 bits per heavy atom. The average molecular weight is 461 g/mol. The molecule has 0 bridgehead atoms. The predicted octanol–water partition coefficient (Wildman–Crippen LogP) is 3.96. The third-order valence-electron chi connectivity index (χ3n) is 5.73. The molecule has 3 aromatic rings. The van der Waals surface area contributed by atoms with Crippen molar-refractivity contribution in [1.29, 1.82) is 0 Å². The predicted molar refractivity (Wildman–Crippen MR) is 118 cm³/mol. The number of rotatable bonds is 5. The Hall–Kier alpha value is -3.60. The summed E-state index contributed by atoms with van der Waals surface area (Å²) in [6, 6.07) is 9.75. The Kier molecular flexibility index (Phi) is 5.98. The Morgan fingerprint density at radius 1 is 1.09 bits per heavy atom. The van der Waals surface area contributed by atoms with Crippen molar-refractivity contribution in [3.05, 3.63) is 64.3 Å². The topological polar surface area (TPSA) is 83.6 Å². The van der Waals surface area contributed by atoms with Crippen LogP contribution in [0.25, 0.3) is 10.9 Å². The number of hydrogen-bond donors (Lipinski definition) is 1. The quantitative estimate of drug-likeness (QED) is 0.459. The third-order valence-corrected chi connectivity index (χ3v) is 5.73. The van der Waals surface area contributed by atoms with Crippen LogP contribution in [0, 0.1) is 10.1 Å². The van der Waals surface area contributed by atoms with E-state index < -0.39 is 22.6 Å². The second kappa shape index (κ2) is 8.74. The van der Waals surface area contributed by atoms with Crippen LogP contribution in [0.1, 0.15) is 5.56 Å². The zero-order chi connectivity index (χ0) is 23.8. The summed E-state index contributed by atoms with van der Waals surface area (Å²) in [6.07, 6.45) is -3.07. The molecule has 1 fully saturated rings. The summed E-state index contributed by atoms with van der Waals surface area (Å²) in [4.78, 5) is 27.0. The van der Waals surface area contributed by atoms with Crippen LogP contribution in [0.5, 0.6) is 0 Å². The van der Waals surface area contributed by atoms with E-state index in [0.717, 1.165) is 19.2 Å². The number of piperazine rings is 1. The van der Waals surface area contributed by atoms with Gasteiger partial charge in [-0.25, -0.2) is 0 Å². The molecule has 1 N–H and O–H groups in total. The van der Waals surface area contributed by atoms with Gasteiger partial charge in [-0.05, 0) is 37.4 Å². The molecular formula is C22H22F3N5O3. The number of amides is 1. The zero-order valence-electron chi connectivity index (χ0n) is 17.8. The number of likely N-dealkylation sites (N-methyl/N-ethyl adjacent to an activating group) is 1. The summed E-state index contributed by atoms with van der Waals surface area (Å²) < 4.78 is 42.8. The first-order chi connectivity index (χ1) is 15.6. The number of carbonyl (C=O) groups excluding carboxylic acids is 1. The van der Waals surface area contributed by atoms with E-state index in [4.69, 9.17) is 0 Å². The number of carbonyl (C=O) groups is 1. The summed E-state index contributed by atoms with van der Waals surface area (Å²) >= 11 is 0. The van der Waals surface area contributed by atoms with Crippen molar-refractivity contribution < 1.29 is 22.9 Å². The van der Waals surface area contributed by atoms with E-state index in [9.17, 15) is 28.1 Å². The molecule has 1 amide bonds. The molecule has 0 unspecified atom stereocenters. The first-order valence-electron chi connectivity index (χ1n) is 10.3. The number of non-ortho nitro benzene ring substituents is 1. The Balaban J connectivity index is 1.54. The maximum absolute atomic E-state index is 13.8. The minimum atomic E-state index is -4.63. The Labute approximate surface area is 187 Å². The lowest BCUT2D eigenvalue weighted by molar-refractivity contribution is -0.384. The van der Waals surface area contributed by atoms with E-state index >= 15 is 0 Å². The highest BCUT2D eigenvalue weighted by Gasteiger charge is 2.35. The van der Waals surface area contributed by atoms with Crippen molar-refractivity contribution in [2.45, 2.75) is 12.7 Å². The van der Waals surface area contributed by atoms with Crippen LogP contribution in [0.15, 0.2) is 48.7 Å². The van der Waals surface area contributed by atoms with Crippen molar-refractivity contribution >= 4 is 33.9 Å². The molecule has 174 valence electrons. The standard InChI is InChI=1S/C22H22F3N5O3/c1-27-8-10-28(11-9-27)16-2-4-19(18(13-16)22(23,24)25)26-21(31)14-29-7-6-15-12-17(30(32)33)3-5-20(15)29/h2-7,12-13H,8-11,14H2,1H3,(H,26,31). The molecule has 8 nitrogen and oxygen atoms in total. The van der Waals surface area contributed by atoms with E-state index in [-0.39, 0.29) is 17.9 Å². The summed E-state index contributed by atoms with van der Waals surface area (Å²) in [5.41, 5.74) is -0.263. The lowest BCUT2D eigenvalue weighted by Crippen LogP contribution is -2.44. The second-order valence-electron chi connectivity index (χ2n) is 8.01. The number of fused-ring (bicyclic) bond motifs is 1. The Bertz CT molecular complexity index is 1200. The number of nitrogens with zero attached hydrogens (tertiary/aromatic N) is 4.